The van der Waals surface area contributed by atoms with Gasteiger partial charge in [0.15, 0.2) is 0 Å². The first kappa shape index (κ1) is 26.6. The molecule has 0 saturated carbocycles. The van der Waals surface area contributed by atoms with Gasteiger partial charge < -0.3 is 10.6 Å². The van der Waals surface area contributed by atoms with Gasteiger partial charge in [0, 0.05) is 24.7 Å². The Balaban J connectivity index is 1.87. The van der Waals surface area contributed by atoms with E-state index in [9.17, 15) is 18.0 Å². The van der Waals surface area contributed by atoms with Crippen LogP contribution in [0.1, 0.15) is 21.5 Å². The van der Waals surface area contributed by atoms with E-state index >= 15 is 0 Å². The standard InChI is InChI=1S/C25H19Cl3F3N3O/c1-32-23(25(29,30)31)13-22(34-21-5-3-2-4-19(21)27)16-7-9-17(10-8-16)24(35)33-14-15-6-11-18(26)20(28)12-15/h2-13,32H,14H2,1H3,(H,33,35). The lowest BCUT2D eigenvalue weighted by Crippen LogP contribution is -2.24. The van der Waals surface area contributed by atoms with Gasteiger partial charge >= 0.3 is 6.18 Å². The van der Waals surface area contributed by atoms with Crippen molar-refractivity contribution in [2.45, 2.75) is 12.7 Å². The number of nitrogens with one attached hydrogen (secondary N) is 2. The van der Waals surface area contributed by atoms with Gasteiger partial charge in [0.1, 0.15) is 5.70 Å². The summed E-state index contributed by atoms with van der Waals surface area (Å²) >= 11 is 18.0. The van der Waals surface area contributed by atoms with Crippen LogP contribution in [0, 0.1) is 0 Å². The third kappa shape index (κ3) is 7.24. The second-order valence-electron chi connectivity index (χ2n) is 7.26. The molecule has 4 nitrogen and oxygen atoms in total. The van der Waals surface area contributed by atoms with Crippen LogP contribution >= 0.6 is 34.8 Å². The molecule has 0 saturated heterocycles. The van der Waals surface area contributed by atoms with Gasteiger partial charge in [0.25, 0.3) is 5.91 Å². The average molecular weight is 541 g/mol. The number of carbonyl (C=O) groups excluding carboxylic acids is 1. The van der Waals surface area contributed by atoms with E-state index in [4.69, 9.17) is 34.8 Å². The molecule has 3 aromatic carbocycles. The van der Waals surface area contributed by atoms with Crippen LogP contribution < -0.4 is 10.6 Å². The highest BCUT2D eigenvalue weighted by molar-refractivity contribution is 6.42. The summed E-state index contributed by atoms with van der Waals surface area (Å²) in [5, 5.41) is 5.99. The fourth-order valence-electron chi connectivity index (χ4n) is 3.01. The highest BCUT2D eigenvalue weighted by atomic mass is 35.5. The summed E-state index contributed by atoms with van der Waals surface area (Å²) in [5.41, 5.74) is 0.786. The minimum absolute atomic E-state index is 0.0162. The van der Waals surface area contributed by atoms with Gasteiger partial charge in [-0.25, -0.2) is 4.99 Å². The molecule has 0 aliphatic carbocycles. The SMILES string of the molecule is CNC(=CC(=Nc1ccccc1Cl)c1ccc(C(=O)NCc2ccc(Cl)c(Cl)c2)cc1)C(F)(F)F. The molecule has 3 rings (SSSR count). The van der Waals surface area contributed by atoms with E-state index in [2.05, 4.69) is 15.6 Å². The molecule has 3 aromatic rings. The van der Waals surface area contributed by atoms with Crippen LogP contribution in [0.25, 0.3) is 0 Å². The second kappa shape index (κ2) is 11.6. The van der Waals surface area contributed by atoms with Crippen LogP contribution in [0.5, 0.6) is 0 Å². The van der Waals surface area contributed by atoms with Crippen LogP contribution in [-0.4, -0.2) is 24.8 Å². The van der Waals surface area contributed by atoms with Gasteiger partial charge in [-0.2, -0.15) is 13.2 Å². The quantitative estimate of drug-likeness (QED) is 0.308. The summed E-state index contributed by atoms with van der Waals surface area (Å²) in [6, 6.07) is 17.6. The molecule has 0 aliphatic heterocycles. The Labute approximate surface area is 215 Å². The summed E-state index contributed by atoms with van der Waals surface area (Å²) in [6.07, 6.45) is -3.72. The van der Waals surface area contributed by atoms with Crippen molar-refractivity contribution < 1.29 is 18.0 Å². The fraction of sp³-hybridized carbons (Fsp3) is 0.120. The van der Waals surface area contributed by atoms with Gasteiger partial charge in [-0.3, -0.25) is 4.79 Å². The molecule has 2 N–H and O–H groups in total. The van der Waals surface area contributed by atoms with E-state index in [1.807, 2.05) is 0 Å². The molecule has 0 atom stereocenters. The lowest BCUT2D eigenvalue weighted by atomic mass is 10.1. The Morgan fingerprint density at radius 2 is 1.57 bits per heavy atom. The van der Waals surface area contributed by atoms with Crippen molar-refractivity contribution in [3.8, 4) is 0 Å². The number of amides is 1. The molecule has 0 bridgehead atoms. The molecule has 0 radical (unpaired) electrons. The topological polar surface area (TPSA) is 53.5 Å². The number of rotatable bonds is 7. The molecule has 0 heterocycles. The van der Waals surface area contributed by atoms with Crippen LogP contribution in [-0.2, 0) is 6.54 Å². The van der Waals surface area contributed by atoms with Crippen molar-refractivity contribution in [2.24, 2.45) is 4.99 Å². The number of hydrogen-bond donors (Lipinski definition) is 2. The van der Waals surface area contributed by atoms with Crippen molar-refractivity contribution in [2.75, 3.05) is 7.05 Å². The molecule has 0 unspecified atom stereocenters. The molecular formula is C25H19Cl3F3N3O. The Morgan fingerprint density at radius 1 is 0.914 bits per heavy atom. The van der Waals surface area contributed by atoms with Gasteiger partial charge in [0.05, 0.1) is 26.5 Å². The number of para-hydroxylation sites is 1. The van der Waals surface area contributed by atoms with Crippen molar-refractivity contribution in [1.29, 1.82) is 0 Å². The van der Waals surface area contributed by atoms with E-state index in [0.717, 1.165) is 11.6 Å². The van der Waals surface area contributed by atoms with Crippen LogP contribution in [0.2, 0.25) is 15.1 Å². The monoisotopic (exact) mass is 539 g/mol. The summed E-state index contributed by atoms with van der Waals surface area (Å²) in [6.45, 7) is 0.219. The summed E-state index contributed by atoms with van der Waals surface area (Å²) in [4.78, 5) is 16.9. The van der Waals surface area contributed by atoms with E-state index < -0.39 is 11.9 Å². The highest BCUT2D eigenvalue weighted by Gasteiger charge is 2.33. The summed E-state index contributed by atoms with van der Waals surface area (Å²) in [7, 11) is 1.17. The normalized spacial score (nSPS) is 12.4. The zero-order valence-corrected chi connectivity index (χ0v) is 20.5. The lowest BCUT2D eigenvalue weighted by Gasteiger charge is -2.13. The minimum Gasteiger partial charge on any atom is -0.384 e. The third-order valence-corrected chi connectivity index (χ3v) is 5.89. The van der Waals surface area contributed by atoms with E-state index in [-0.39, 0.29) is 23.2 Å². The van der Waals surface area contributed by atoms with Crippen molar-refractivity contribution in [3.63, 3.8) is 0 Å². The Morgan fingerprint density at radius 3 is 2.17 bits per heavy atom. The summed E-state index contributed by atoms with van der Waals surface area (Å²) < 4.78 is 40.1. The number of nitrogens with zero attached hydrogens (tertiary/aromatic N) is 1. The Bertz CT molecular complexity index is 1270. The third-order valence-electron chi connectivity index (χ3n) is 4.83. The average Bonchev–Trinajstić information content (AvgIpc) is 2.82. The van der Waals surface area contributed by atoms with E-state index in [1.165, 1.54) is 31.3 Å². The number of carbonyl (C=O) groups is 1. The molecule has 10 heteroatoms. The minimum atomic E-state index is -4.61. The first-order valence-corrected chi connectivity index (χ1v) is 11.3. The maximum absolute atomic E-state index is 13.4. The molecule has 182 valence electrons. The molecule has 1 amide bonds. The number of aliphatic imine (C=N–C) groups is 1. The number of halogens is 6. The molecular weight excluding hydrogens is 522 g/mol. The van der Waals surface area contributed by atoms with Crippen molar-refractivity contribution in [3.05, 3.63) is 110 Å². The lowest BCUT2D eigenvalue weighted by molar-refractivity contribution is -0.0958. The van der Waals surface area contributed by atoms with Crippen LogP contribution in [0.3, 0.4) is 0 Å². The van der Waals surface area contributed by atoms with Gasteiger partial charge in [-0.05, 0) is 48.0 Å². The highest BCUT2D eigenvalue weighted by Crippen LogP contribution is 2.28. The van der Waals surface area contributed by atoms with Crippen molar-refractivity contribution in [1.82, 2.24) is 10.6 Å². The Hall–Kier alpha value is -3.00. The van der Waals surface area contributed by atoms with Crippen LogP contribution in [0.15, 0.2) is 83.5 Å². The number of benzene rings is 3. The van der Waals surface area contributed by atoms with E-state index in [0.29, 0.717) is 26.9 Å². The first-order chi connectivity index (χ1) is 16.6. The molecule has 0 aliphatic rings. The predicted molar refractivity (Wildman–Crippen MR) is 135 cm³/mol. The number of hydrogen-bond acceptors (Lipinski definition) is 3. The Kier molecular flexibility index (Phi) is 8.83. The maximum atomic E-state index is 13.4. The van der Waals surface area contributed by atoms with Crippen LogP contribution in [0.4, 0.5) is 18.9 Å². The largest absolute Gasteiger partial charge is 0.430 e. The van der Waals surface area contributed by atoms with Crippen molar-refractivity contribution >= 4 is 52.1 Å². The predicted octanol–water partition coefficient (Wildman–Crippen LogP) is 7.36. The molecule has 0 aromatic heterocycles. The zero-order valence-electron chi connectivity index (χ0n) is 18.3. The zero-order chi connectivity index (χ0) is 25.6. The molecule has 0 fully saturated rings. The fourth-order valence-corrected chi connectivity index (χ4v) is 3.51. The molecule has 0 spiro atoms. The smallest absolute Gasteiger partial charge is 0.384 e. The van der Waals surface area contributed by atoms with E-state index in [1.54, 1.807) is 42.5 Å². The number of allylic oxidation sites excluding steroid dienone is 2. The van der Waals surface area contributed by atoms with Gasteiger partial charge in [-0.15, -0.1) is 0 Å². The maximum Gasteiger partial charge on any atom is 0.430 e. The first-order valence-electron chi connectivity index (χ1n) is 10.2. The van der Waals surface area contributed by atoms with Gasteiger partial charge in [0.2, 0.25) is 0 Å². The summed E-state index contributed by atoms with van der Waals surface area (Å²) in [5.74, 6) is -0.367. The van der Waals surface area contributed by atoms with Gasteiger partial charge in [-0.1, -0.05) is 65.1 Å². The second-order valence-corrected chi connectivity index (χ2v) is 8.48. The number of alkyl halides is 3. The molecule has 35 heavy (non-hydrogen) atoms.